The highest BCUT2D eigenvalue weighted by atomic mass is 16.1. The molecule has 0 spiro atoms. The number of carbonyl (C=O) groups is 1. The second-order valence-corrected chi connectivity index (χ2v) is 7.93. The van der Waals surface area contributed by atoms with Crippen molar-refractivity contribution in [3.8, 4) is 0 Å². The summed E-state index contributed by atoms with van der Waals surface area (Å²) in [6, 6.07) is 10.5. The zero-order valence-electron chi connectivity index (χ0n) is 16.2. The molecule has 1 heterocycles. The highest BCUT2D eigenvalue weighted by Gasteiger charge is 2.53. The highest BCUT2D eigenvalue weighted by molar-refractivity contribution is 5.79. The molecular formula is C21H34N2O. The number of piperidine rings is 1. The summed E-state index contributed by atoms with van der Waals surface area (Å²) < 4.78 is 0. The number of nitrogens with one attached hydrogen (secondary N) is 1. The first-order valence-corrected chi connectivity index (χ1v) is 9.36. The first kappa shape index (κ1) is 19.1. The molecule has 0 aliphatic carbocycles. The van der Waals surface area contributed by atoms with E-state index in [9.17, 15) is 4.79 Å². The molecule has 1 aromatic carbocycles. The third-order valence-electron chi connectivity index (χ3n) is 6.58. The van der Waals surface area contributed by atoms with Gasteiger partial charge in [-0.25, -0.2) is 10.4 Å². The number of hydrazine groups is 1. The summed E-state index contributed by atoms with van der Waals surface area (Å²) in [4.78, 5) is 12.3. The minimum absolute atomic E-state index is 0.0115. The Bertz CT molecular complexity index is 558. The Balaban J connectivity index is 2.32. The third kappa shape index (κ3) is 3.43. The summed E-state index contributed by atoms with van der Waals surface area (Å²) in [5.41, 5.74) is 4.98. The smallest absolute Gasteiger partial charge is 0.133 e. The first-order chi connectivity index (χ1) is 11.3. The van der Waals surface area contributed by atoms with E-state index in [0.717, 1.165) is 25.8 Å². The molecule has 0 saturated carbocycles. The average Bonchev–Trinajstić information content (AvgIpc) is 2.58. The Hall–Kier alpha value is -1.19. The van der Waals surface area contributed by atoms with Crippen molar-refractivity contribution in [3.05, 3.63) is 35.9 Å². The van der Waals surface area contributed by atoms with Crippen LogP contribution >= 0.6 is 0 Å². The molecule has 24 heavy (non-hydrogen) atoms. The van der Waals surface area contributed by atoms with Gasteiger partial charge in [-0.3, -0.25) is 4.79 Å². The molecular weight excluding hydrogens is 296 g/mol. The Morgan fingerprint density at radius 2 is 1.83 bits per heavy atom. The van der Waals surface area contributed by atoms with Gasteiger partial charge < -0.3 is 0 Å². The topological polar surface area (TPSA) is 32.3 Å². The summed E-state index contributed by atoms with van der Waals surface area (Å²) in [7, 11) is 0. The lowest BCUT2D eigenvalue weighted by Gasteiger charge is -2.60. The van der Waals surface area contributed by atoms with E-state index in [1.54, 1.807) is 6.92 Å². The van der Waals surface area contributed by atoms with Crippen molar-refractivity contribution in [3.63, 3.8) is 0 Å². The molecule has 4 atom stereocenters. The lowest BCUT2D eigenvalue weighted by molar-refractivity contribution is -0.157. The number of hydrogen-bond acceptors (Lipinski definition) is 3. The molecule has 3 heteroatoms. The molecule has 0 bridgehead atoms. The van der Waals surface area contributed by atoms with Crippen molar-refractivity contribution >= 4 is 5.78 Å². The largest absolute Gasteiger partial charge is 0.300 e. The van der Waals surface area contributed by atoms with Gasteiger partial charge in [-0.15, -0.1) is 0 Å². The number of Topliss-reactive ketones (excluding diaryl/α,β-unsaturated/α-hetero) is 1. The second-order valence-electron chi connectivity index (χ2n) is 7.93. The van der Waals surface area contributed by atoms with Gasteiger partial charge in [0.05, 0.1) is 0 Å². The number of hydrogen-bond donors (Lipinski definition) is 1. The molecule has 0 aromatic heterocycles. The van der Waals surface area contributed by atoms with Crippen molar-refractivity contribution in [2.75, 3.05) is 0 Å². The number of nitrogens with zero attached hydrogens (tertiary/aromatic N) is 1. The van der Waals surface area contributed by atoms with Gasteiger partial charge >= 0.3 is 0 Å². The molecule has 1 N–H and O–H groups in total. The van der Waals surface area contributed by atoms with E-state index in [4.69, 9.17) is 0 Å². The Morgan fingerprint density at radius 3 is 2.33 bits per heavy atom. The van der Waals surface area contributed by atoms with E-state index in [2.05, 4.69) is 75.4 Å². The number of benzene rings is 1. The normalized spacial score (nSPS) is 34.2. The van der Waals surface area contributed by atoms with Crippen LogP contribution in [0.4, 0.5) is 0 Å². The van der Waals surface area contributed by atoms with Crippen LogP contribution in [0.25, 0.3) is 0 Å². The van der Waals surface area contributed by atoms with Gasteiger partial charge in [-0.05, 0) is 51.5 Å². The lowest BCUT2D eigenvalue weighted by Crippen LogP contribution is -2.71. The maximum absolute atomic E-state index is 12.3. The molecule has 1 aliphatic rings. The van der Waals surface area contributed by atoms with Crippen LogP contribution in [0.1, 0.15) is 66.4 Å². The van der Waals surface area contributed by atoms with Gasteiger partial charge in [0.25, 0.3) is 0 Å². The van der Waals surface area contributed by atoms with Crippen LogP contribution in [-0.2, 0) is 11.3 Å². The van der Waals surface area contributed by atoms with Gasteiger partial charge in [0.2, 0.25) is 0 Å². The molecule has 1 aromatic rings. The zero-order valence-corrected chi connectivity index (χ0v) is 16.2. The first-order valence-electron chi connectivity index (χ1n) is 9.36. The van der Waals surface area contributed by atoms with Crippen LogP contribution in [0, 0.1) is 11.8 Å². The van der Waals surface area contributed by atoms with Crippen LogP contribution in [0.5, 0.6) is 0 Å². The maximum Gasteiger partial charge on any atom is 0.133 e. The molecule has 0 amide bonds. The van der Waals surface area contributed by atoms with Crippen LogP contribution in [0.2, 0.25) is 0 Å². The summed E-state index contributed by atoms with van der Waals surface area (Å²) >= 11 is 0. The maximum atomic E-state index is 12.3. The minimum atomic E-state index is -0.0336. The molecule has 1 fully saturated rings. The second kappa shape index (κ2) is 7.37. The highest BCUT2D eigenvalue weighted by Crippen LogP contribution is 2.47. The average molecular weight is 331 g/mol. The van der Waals surface area contributed by atoms with Crippen LogP contribution in [0.15, 0.2) is 30.3 Å². The van der Waals surface area contributed by atoms with Crippen molar-refractivity contribution in [2.24, 2.45) is 11.8 Å². The van der Waals surface area contributed by atoms with Gasteiger partial charge in [-0.1, -0.05) is 51.1 Å². The van der Waals surface area contributed by atoms with Gasteiger partial charge in [0.15, 0.2) is 0 Å². The molecule has 3 nitrogen and oxygen atoms in total. The molecule has 134 valence electrons. The standard InChI is InChI=1S/C21H34N2O/c1-7-20(5)14-19(17(4)24)16(3)21(6,8-2)23(20)22-15-18-12-10-9-11-13-18/h9-13,16,19,22H,7-8,14-15H2,1-6H3. The van der Waals surface area contributed by atoms with E-state index in [1.165, 1.54) is 5.56 Å². The van der Waals surface area contributed by atoms with Crippen molar-refractivity contribution < 1.29 is 4.79 Å². The van der Waals surface area contributed by atoms with E-state index < -0.39 is 0 Å². The fourth-order valence-corrected chi connectivity index (χ4v) is 4.41. The van der Waals surface area contributed by atoms with Gasteiger partial charge in [-0.2, -0.15) is 0 Å². The minimum Gasteiger partial charge on any atom is -0.300 e. The number of rotatable bonds is 6. The van der Waals surface area contributed by atoms with Gasteiger partial charge in [0.1, 0.15) is 5.78 Å². The van der Waals surface area contributed by atoms with Crippen molar-refractivity contribution in [2.45, 2.75) is 78.4 Å². The fraction of sp³-hybridized carbons (Fsp3) is 0.667. The van der Waals surface area contributed by atoms with E-state index in [1.807, 2.05) is 0 Å². The van der Waals surface area contributed by atoms with Crippen molar-refractivity contribution in [1.82, 2.24) is 10.4 Å². The predicted octanol–water partition coefficient (Wildman–Crippen LogP) is 4.58. The molecule has 1 aliphatic heterocycles. The van der Waals surface area contributed by atoms with Gasteiger partial charge in [0, 0.05) is 23.5 Å². The van der Waals surface area contributed by atoms with E-state index in [0.29, 0.717) is 11.7 Å². The third-order valence-corrected chi connectivity index (χ3v) is 6.58. The predicted molar refractivity (Wildman–Crippen MR) is 100 cm³/mol. The van der Waals surface area contributed by atoms with Crippen molar-refractivity contribution in [1.29, 1.82) is 0 Å². The molecule has 4 unspecified atom stereocenters. The number of ketones is 1. The molecule has 0 radical (unpaired) electrons. The monoisotopic (exact) mass is 330 g/mol. The number of carbonyl (C=O) groups excluding carboxylic acids is 1. The summed E-state index contributed by atoms with van der Waals surface area (Å²) in [5.74, 6) is 0.821. The van der Waals surface area contributed by atoms with Crippen LogP contribution < -0.4 is 5.43 Å². The zero-order chi connectivity index (χ0) is 18.0. The molecule has 2 rings (SSSR count). The molecule has 1 saturated heterocycles. The summed E-state index contributed by atoms with van der Waals surface area (Å²) in [6.07, 6.45) is 2.98. The Labute approximate surface area is 147 Å². The Morgan fingerprint density at radius 1 is 1.21 bits per heavy atom. The quantitative estimate of drug-likeness (QED) is 0.829. The summed E-state index contributed by atoms with van der Waals surface area (Å²) in [5, 5.41) is 2.48. The fourth-order valence-electron chi connectivity index (χ4n) is 4.41. The van der Waals surface area contributed by atoms with E-state index >= 15 is 0 Å². The van der Waals surface area contributed by atoms with Crippen LogP contribution in [-0.4, -0.2) is 21.9 Å². The summed E-state index contributed by atoms with van der Waals surface area (Å²) in [6.45, 7) is 13.9. The Kier molecular flexibility index (Phi) is 5.87. The van der Waals surface area contributed by atoms with E-state index in [-0.39, 0.29) is 17.0 Å². The SMILES string of the molecule is CCC1(C)CC(C(C)=O)C(C)C(C)(CC)N1NCc1ccccc1. The lowest BCUT2D eigenvalue weighted by atomic mass is 9.64. The van der Waals surface area contributed by atoms with Crippen LogP contribution in [0.3, 0.4) is 0 Å².